The van der Waals surface area contributed by atoms with E-state index in [1.807, 2.05) is 11.8 Å². The first-order valence-corrected chi connectivity index (χ1v) is 5.89. The summed E-state index contributed by atoms with van der Waals surface area (Å²) in [5.41, 5.74) is -0.607. The topological polar surface area (TPSA) is 36.3 Å². The fourth-order valence-electron chi connectivity index (χ4n) is 2.12. The first-order valence-electron chi connectivity index (χ1n) is 5.89. The Morgan fingerprint density at radius 3 is 2.74 bits per heavy atom. The second-order valence-corrected chi connectivity index (χ2v) is 4.47. The summed E-state index contributed by atoms with van der Waals surface area (Å²) >= 11 is 0. The van der Waals surface area contributed by atoms with Gasteiger partial charge in [-0.1, -0.05) is 0 Å². The lowest BCUT2D eigenvalue weighted by Gasteiger charge is -2.33. The lowest BCUT2D eigenvalue weighted by molar-refractivity contribution is -0.137. The van der Waals surface area contributed by atoms with Crippen LogP contribution in [0.15, 0.2) is 18.2 Å². The number of anilines is 1. The van der Waals surface area contributed by atoms with Crippen LogP contribution in [0.4, 0.5) is 18.9 Å². The van der Waals surface area contributed by atoms with Crippen molar-refractivity contribution in [1.29, 1.82) is 5.26 Å². The molecule has 0 spiro atoms. The summed E-state index contributed by atoms with van der Waals surface area (Å²) in [6.45, 7) is 3.66. The van der Waals surface area contributed by atoms with Crippen molar-refractivity contribution in [3.8, 4) is 6.07 Å². The number of ether oxygens (including phenoxy) is 1. The highest BCUT2D eigenvalue weighted by molar-refractivity contribution is 5.55. The van der Waals surface area contributed by atoms with Crippen LogP contribution in [-0.4, -0.2) is 25.8 Å². The molecule has 1 unspecified atom stereocenters. The molecule has 1 fully saturated rings. The molecule has 0 N–H and O–H groups in total. The number of morpholine rings is 1. The monoisotopic (exact) mass is 270 g/mol. The first-order chi connectivity index (χ1) is 8.91. The third-order valence-corrected chi connectivity index (χ3v) is 3.04. The van der Waals surface area contributed by atoms with E-state index in [0.29, 0.717) is 25.4 Å². The summed E-state index contributed by atoms with van der Waals surface area (Å²) in [4.78, 5) is 1.93. The average molecular weight is 270 g/mol. The van der Waals surface area contributed by atoms with Crippen molar-refractivity contribution < 1.29 is 17.9 Å². The molecule has 1 aliphatic rings. The van der Waals surface area contributed by atoms with E-state index >= 15 is 0 Å². The second kappa shape index (κ2) is 5.10. The molecule has 1 aliphatic heterocycles. The summed E-state index contributed by atoms with van der Waals surface area (Å²) in [5.74, 6) is 0. The molecule has 3 nitrogen and oxygen atoms in total. The zero-order valence-electron chi connectivity index (χ0n) is 10.4. The normalized spacial score (nSPS) is 20.2. The molecule has 0 radical (unpaired) electrons. The third-order valence-electron chi connectivity index (χ3n) is 3.04. The number of benzene rings is 1. The lowest BCUT2D eigenvalue weighted by atomic mass is 10.1. The summed E-state index contributed by atoms with van der Waals surface area (Å²) in [7, 11) is 0. The maximum atomic E-state index is 12.7. The van der Waals surface area contributed by atoms with Gasteiger partial charge in [-0.25, -0.2) is 0 Å². The molecule has 1 aromatic rings. The van der Waals surface area contributed by atoms with Crippen molar-refractivity contribution in [2.45, 2.75) is 19.2 Å². The van der Waals surface area contributed by atoms with Gasteiger partial charge in [0.25, 0.3) is 0 Å². The number of hydrogen-bond donors (Lipinski definition) is 0. The average Bonchev–Trinajstić information content (AvgIpc) is 2.37. The Kier molecular flexibility index (Phi) is 3.67. The van der Waals surface area contributed by atoms with Crippen LogP contribution < -0.4 is 4.90 Å². The molecule has 2 rings (SSSR count). The van der Waals surface area contributed by atoms with E-state index in [1.54, 1.807) is 6.07 Å². The molecule has 0 saturated carbocycles. The number of alkyl halides is 3. The lowest BCUT2D eigenvalue weighted by Crippen LogP contribution is -2.41. The van der Waals surface area contributed by atoms with Gasteiger partial charge in [-0.15, -0.1) is 0 Å². The standard InChI is InChI=1S/C13H13F3N2O/c1-9-8-18(4-5-19-9)11-2-3-12(13(14,15)16)10(6-11)7-17/h2-3,6,9H,4-5,8H2,1H3. The Morgan fingerprint density at radius 2 is 2.16 bits per heavy atom. The molecule has 0 aromatic heterocycles. The minimum absolute atomic E-state index is 0.0292. The maximum Gasteiger partial charge on any atom is 0.417 e. The fourth-order valence-corrected chi connectivity index (χ4v) is 2.12. The molecular weight excluding hydrogens is 257 g/mol. The van der Waals surface area contributed by atoms with Crippen molar-refractivity contribution >= 4 is 5.69 Å². The van der Waals surface area contributed by atoms with Crippen LogP contribution in [0.3, 0.4) is 0 Å². The van der Waals surface area contributed by atoms with Crippen LogP contribution in [0.5, 0.6) is 0 Å². The highest BCUT2D eigenvalue weighted by Crippen LogP contribution is 2.33. The number of halogens is 3. The Morgan fingerprint density at radius 1 is 1.42 bits per heavy atom. The van der Waals surface area contributed by atoms with Gasteiger partial charge < -0.3 is 9.64 Å². The van der Waals surface area contributed by atoms with Gasteiger partial charge in [0.15, 0.2) is 0 Å². The van der Waals surface area contributed by atoms with E-state index in [0.717, 1.165) is 6.07 Å². The van der Waals surface area contributed by atoms with Gasteiger partial charge >= 0.3 is 6.18 Å². The van der Waals surface area contributed by atoms with Gasteiger partial charge in [0, 0.05) is 18.8 Å². The number of hydrogen-bond acceptors (Lipinski definition) is 3. The predicted molar refractivity (Wildman–Crippen MR) is 63.8 cm³/mol. The number of rotatable bonds is 1. The Labute approximate surface area is 109 Å². The van der Waals surface area contributed by atoms with Crippen LogP contribution in [-0.2, 0) is 10.9 Å². The number of nitriles is 1. The van der Waals surface area contributed by atoms with E-state index < -0.39 is 11.7 Å². The van der Waals surface area contributed by atoms with Gasteiger partial charge in [0.1, 0.15) is 0 Å². The molecule has 0 bridgehead atoms. The van der Waals surface area contributed by atoms with Gasteiger partial charge in [0.05, 0.1) is 29.9 Å². The Bertz CT molecular complexity index is 508. The Balaban J connectivity index is 2.32. The van der Waals surface area contributed by atoms with E-state index in [-0.39, 0.29) is 11.7 Å². The van der Waals surface area contributed by atoms with Crippen molar-refractivity contribution in [1.82, 2.24) is 0 Å². The van der Waals surface area contributed by atoms with Gasteiger partial charge in [-0.3, -0.25) is 0 Å². The predicted octanol–water partition coefficient (Wildman–Crippen LogP) is 2.80. The number of nitrogens with zero attached hydrogens (tertiary/aromatic N) is 2. The zero-order valence-corrected chi connectivity index (χ0v) is 10.4. The molecule has 6 heteroatoms. The van der Waals surface area contributed by atoms with Gasteiger partial charge in [-0.05, 0) is 25.1 Å². The van der Waals surface area contributed by atoms with Crippen LogP contribution in [0, 0.1) is 11.3 Å². The third kappa shape index (κ3) is 2.99. The molecule has 1 saturated heterocycles. The van der Waals surface area contributed by atoms with Gasteiger partial charge in [-0.2, -0.15) is 18.4 Å². The molecule has 0 aliphatic carbocycles. The smallest absolute Gasteiger partial charge is 0.375 e. The van der Waals surface area contributed by atoms with Crippen molar-refractivity contribution in [3.63, 3.8) is 0 Å². The largest absolute Gasteiger partial charge is 0.417 e. The van der Waals surface area contributed by atoms with Crippen LogP contribution in [0.25, 0.3) is 0 Å². The fraction of sp³-hybridized carbons (Fsp3) is 0.462. The van der Waals surface area contributed by atoms with Gasteiger partial charge in [0.2, 0.25) is 0 Å². The van der Waals surface area contributed by atoms with Crippen LogP contribution in [0.2, 0.25) is 0 Å². The maximum absolute atomic E-state index is 12.7. The summed E-state index contributed by atoms with van der Waals surface area (Å²) in [6, 6.07) is 5.28. The van der Waals surface area contributed by atoms with E-state index in [4.69, 9.17) is 10.00 Å². The van der Waals surface area contributed by atoms with Crippen LogP contribution in [0.1, 0.15) is 18.1 Å². The van der Waals surface area contributed by atoms with E-state index in [9.17, 15) is 13.2 Å². The molecule has 102 valence electrons. The zero-order chi connectivity index (χ0) is 14.0. The van der Waals surface area contributed by atoms with Crippen molar-refractivity contribution in [3.05, 3.63) is 29.3 Å². The van der Waals surface area contributed by atoms with E-state index in [1.165, 1.54) is 12.1 Å². The van der Waals surface area contributed by atoms with E-state index in [2.05, 4.69) is 0 Å². The molecular formula is C13H13F3N2O. The first kappa shape index (κ1) is 13.7. The SMILES string of the molecule is CC1CN(c2ccc(C(F)(F)F)c(C#N)c2)CCO1. The highest BCUT2D eigenvalue weighted by atomic mass is 19.4. The summed E-state index contributed by atoms with van der Waals surface area (Å²) in [5, 5.41) is 8.86. The highest BCUT2D eigenvalue weighted by Gasteiger charge is 2.34. The van der Waals surface area contributed by atoms with Crippen molar-refractivity contribution in [2.75, 3.05) is 24.6 Å². The molecule has 1 atom stereocenters. The second-order valence-electron chi connectivity index (χ2n) is 4.47. The molecule has 19 heavy (non-hydrogen) atoms. The van der Waals surface area contributed by atoms with Crippen molar-refractivity contribution in [2.24, 2.45) is 0 Å². The minimum Gasteiger partial charge on any atom is -0.375 e. The van der Waals surface area contributed by atoms with Crippen LogP contribution >= 0.6 is 0 Å². The molecule has 1 aromatic carbocycles. The summed E-state index contributed by atoms with van der Waals surface area (Å²) in [6.07, 6.45) is -4.47. The molecule has 1 heterocycles. The molecule has 0 amide bonds. The quantitative estimate of drug-likeness (QED) is 0.787. The minimum atomic E-state index is -4.50. The Hall–Kier alpha value is -1.74. The summed E-state index contributed by atoms with van der Waals surface area (Å²) < 4.78 is 43.4.